The Kier molecular flexibility index (Phi) is 6.30. The summed E-state index contributed by atoms with van der Waals surface area (Å²) in [6, 6.07) is 0. The summed E-state index contributed by atoms with van der Waals surface area (Å²) in [5.74, 6) is 3.79. The molecule has 0 heterocycles. The van der Waals surface area contributed by atoms with E-state index in [4.69, 9.17) is 10.3 Å². The van der Waals surface area contributed by atoms with Crippen LogP contribution in [0, 0.1) is 29.1 Å². The van der Waals surface area contributed by atoms with Gasteiger partial charge in [0.25, 0.3) is 0 Å². The van der Waals surface area contributed by atoms with Crippen LogP contribution in [0.2, 0.25) is 0 Å². The van der Waals surface area contributed by atoms with Crippen molar-refractivity contribution in [3.8, 4) is 0 Å². The van der Waals surface area contributed by atoms with Crippen LogP contribution in [-0.2, 0) is 0 Å². The minimum Gasteiger partial charge on any atom is -0.411 e. The number of fused-ring (bicyclic) bond motifs is 5. The van der Waals surface area contributed by atoms with Crippen LogP contribution >= 0.6 is 0 Å². The topological polar surface area (TPSA) is 52.8 Å². The molecule has 4 aliphatic carbocycles. The van der Waals surface area contributed by atoms with E-state index in [-0.39, 0.29) is 0 Å². The minimum absolute atomic E-state index is 0.703. The third-order valence-electron chi connectivity index (χ3n) is 6.99. The quantitative estimate of drug-likeness (QED) is 0.486. The Labute approximate surface area is 141 Å². The predicted octanol–water partition coefficient (Wildman–Crippen LogP) is 5.02. The summed E-state index contributed by atoms with van der Waals surface area (Å²) in [4.78, 5) is 0. The molecule has 0 radical (unpaired) electrons. The Morgan fingerprint density at radius 2 is 1.70 bits per heavy atom. The van der Waals surface area contributed by atoms with Crippen LogP contribution in [0.5, 0.6) is 0 Å². The van der Waals surface area contributed by atoms with Gasteiger partial charge in [-0.2, -0.15) is 0 Å². The molecule has 0 aromatic heterocycles. The van der Waals surface area contributed by atoms with Crippen LogP contribution in [0.4, 0.5) is 0 Å². The molecule has 0 aromatic rings. The van der Waals surface area contributed by atoms with E-state index < -0.39 is 0 Å². The van der Waals surface area contributed by atoms with Gasteiger partial charge in [-0.1, -0.05) is 31.5 Å². The van der Waals surface area contributed by atoms with Gasteiger partial charge in [-0.15, -0.1) is 0 Å². The van der Waals surface area contributed by atoms with E-state index in [1.54, 1.807) is 5.57 Å². The Morgan fingerprint density at radius 1 is 1.00 bits per heavy atom. The molecule has 4 rings (SSSR count). The third-order valence-corrected chi connectivity index (χ3v) is 6.99. The van der Waals surface area contributed by atoms with Gasteiger partial charge in [-0.25, -0.2) is 0 Å². The van der Waals surface area contributed by atoms with Crippen molar-refractivity contribution in [2.45, 2.75) is 72.1 Å². The second-order valence-electron chi connectivity index (χ2n) is 7.66. The minimum atomic E-state index is 0.703. The van der Waals surface area contributed by atoms with Gasteiger partial charge in [0, 0.05) is 7.11 Å². The molecule has 0 saturated heterocycles. The summed E-state index contributed by atoms with van der Waals surface area (Å²) < 4.78 is 0. The van der Waals surface area contributed by atoms with Gasteiger partial charge in [-0.3, -0.25) is 0 Å². The number of oxime groups is 1. The molecule has 0 aliphatic heterocycles. The highest BCUT2D eigenvalue weighted by molar-refractivity contribution is 5.96. The van der Waals surface area contributed by atoms with E-state index in [9.17, 15) is 0 Å². The maximum atomic E-state index is 8.98. The van der Waals surface area contributed by atoms with Gasteiger partial charge in [0.15, 0.2) is 0 Å². The Balaban J connectivity index is 0.000000448. The van der Waals surface area contributed by atoms with Gasteiger partial charge in [0.1, 0.15) is 0 Å². The molecule has 0 bridgehead atoms. The van der Waals surface area contributed by atoms with E-state index in [0.717, 1.165) is 42.9 Å². The number of rotatable bonds is 0. The zero-order valence-corrected chi connectivity index (χ0v) is 15.4. The first kappa shape index (κ1) is 18.5. The summed E-state index contributed by atoms with van der Waals surface area (Å²) in [6.07, 6.45) is 13.0. The van der Waals surface area contributed by atoms with Crippen molar-refractivity contribution >= 4 is 5.71 Å². The molecule has 0 amide bonds. The maximum absolute atomic E-state index is 8.98. The molecule has 3 heteroatoms. The number of aliphatic hydroxyl groups is 1. The monoisotopic (exact) mass is 321 g/mol. The van der Waals surface area contributed by atoms with Crippen molar-refractivity contribution in [3.05, 3.63) is 11.6 Å². The summed E-state index contributed by atoms with van der Waals surface area (Å²) in [7, 11) is 1.00. The zero-order chi connectivity index (χ0) is 17.0. The lowest BCUT2D eigenvalue weighted by molar-refractivity contribution is -0.0903. The van der Waals surface area contributed by atoms with Crippen LogP contribution in [-0.4, -0.2) is 23.1 Å². The molecule has 0 aromatic carbocycles. The predicted molar refractivity (Wildman–Crippen MR) is 95.8 cm³/mol. The fraction of sp³-hybridized carbons (Fsp3) is 0.850. The van der Waals surface area contributed by atoms with Crippen molar-refractivity contribution in [1.82, 2.24) is 0 Å². The Hall–Kier alpha value is -0.830. The fourth-order valence-electron chi connectivity index (χ4n) is 5.81. The molecule has 3 fully saturated rings. The summed E-state index contributed by atoms with van der Waals surface area (Å²) >= 11 is 0. The molecule has 5 unspecified atom stereocenters. The van der Waals surface area contributed by atoms with Gasteiger partial charge < -0.3 is 10.3 Å². The molecule has 0 spiro atoms. The lowest BCUT2D eigenvalue weighted by Crippen LogP contribution is -2.51. The van der Waals surface area contributed by atoms with Gasteiger partial charge in [-0.05, 0) is 86.5 Å². The van der Waals surface area contributed by atoms with Crippen molar-refractivity contribution in [3.63, 3.8) is 0 Å². The van der Waals surface area contributed by atoms with E-state index >= 15 is 0 Å². The van der Waals surface area contributed by atoms with E-state index in [2.05, 4.69) is 18.2 Å². The molecule has 5 atom stereocenters. The Bertz CT molecular complexity index is 457. The lowest BCUT2D eigenvalue weighted by Gasteiger charge is -2.60. The van der Waals surface area contributed by atoms with Crippen LogP contribution < -0.4 is 0 Å². The Morgan fingerprint density at radius 3 is 2.30 bits per heavy atom. The first-order valence-corrected chi connectivity index (χ1v) is 9.57. The smallest absolute Gasteiger partial charge is 0.0795 e. The van der Waals surface area contributed by atoms with Crippen LogP contribution in [0.3, 0.4) is 0 Å². The fourth-order valence-corrected chi connectivity index (χ4v) is 5.81. The molecule has 4 aliphatic rings. The normalized spacial score (nSPS) is 42.3. The lowest BCUT2D eigenvalue weighted by atomic mass is 9.45. The van der Waals surface area contributed by atoms with Gasteiger partial charge in [0.2, 0.25) is 0 Å². The second kappa shape index (κ2) is 7.83. The van der Waals surface area contributed by atoms with Crippen molar-refractivity contribution in [2.24, 2.45) is 34.2 Å². The number of aliphatic hydroxyl groups excluding tert-OH is 1. The van der Waals surface area contributed by atoms with Crippen LogP contribution in [0.25, 0.3) is 0 Å². The van der Waals surface area contributed by atoms with Crippen molar-refractivity contribution < 1.29 is 10.3 Å². The highest BCUT2D eigenvalue weighted by Gasteiger charge is 2.54. The maximum Gasteiger partial charge on any atom is 0.0795 e. The number of nitrogens with zero attached hydrogens (tertiary/aromatic N) is 1. The average molecular weight is 322 g/mol. The largest absolute Gasteiger partial charge is 0.411 e. The van der Waals surface area contributed by atoms with Crippen molar-refractivity contribution in [2.75, 3.05) is 7.11 Å². The molecule has 3 saturated carbocycles. The highest BCUT2D eigenvalue weighted by Crippen LogP contribution is 2.63. The SMILES string of the molecule is CC.CC12CCC3C4CC/C(=N/O)C=C4CCC3C1CC2.CO. The van der Waals surface area contributed by atoms with Gasteiger partial charge >= 0.3 is 0 Å². The van der Waals surface area contributed by atoms with E-state index in [1.165, 1.54) is 44.9 Å². The zero-order valence-electron chi connectivity index (χ0n) is 15.4. The third kappa shape index (κ3) is 3.22. The highest BCUT2D eigenvalue weighted by atomic mass is 16.4. The average Bonchev–Trinajstić information content (AvgIpc) is 2.61. The summed E-state index contributed by atoms with van der Waals surface area (Å²) in [6.45, 7) is 6.54. The molecular weight excluding hydrogens is 286 g/mol. The standard InChI is InChI=1S/C17H25NO.C2H6.CH4O/c1-17-8-6-14-13-5-3-12(18-19)10-11(13)2-4-15(14)16(17)7-9-17;2*1-2/h10,13-16,19H,2-9H2,1H3;1-2H3;2H,1H3/b18-12-;;. The second-order valence-corrected chi connectivity index (χ2v) is 7.66. The first-order chi connectivity index (χ1) is 11.2. The van der Waals surface area contributed by atoms with Crippen molar-refractivity contribution in [1.29, 1.82) is 0 Å². The molecule has 132 valence electrons. The van der Waals surface area contributed by atoms with Crippen LogP contribution in [0.15, 0.2) is 16.8 Å². The van der Waals surface area contributed by atoms with Crippen LogP contribution in [0.1, 0.15) is 72.1 Å². The van der Waals surface area contributed by atoms with Gasteiger partial charge in [0.05, 0.1) is 5.71 Å². The molecule has 3 nitrogen and oxygen atoms in total. The summed E-state index contributed by atoms with van der Waals surface area (Å²) in [5.41, 5.74) is 3.21. The number of hydrogen-bond donors (Lipinski definition) is 2. The first-order valence-electron chi connectivity index (χ1n) is 9.57. The molecule has 2 N–H and O–H groups in total. The number of allylic oxidation sites excluding steroid dienone is 2. The van der Waals surface area contributed by atoms with E-state index in [0.29, 0.717) is 5.41 Å². The van der Waals surface area contributed by atoms with E-state index in [1.807, 2.05) is 13.8 Å². The molecular formula is C20H35NO2. The number of hydrogen-bond acceptors (Lipinski definition) is 3. The summed E-state index contributed by atoms with van der Waals surface area (Å²) in [5, 5.41) is 19.4. The molecule has 23 heavy (non-hydrogen) atoms.